The fourth-order valence-corrected chi connectivity index (χ4v) is 4.89. The van der Waals surface area contributed by atoms with Crippen LogP contribution in [0.25, 0.3) is 16.9 Å². The lowest BCUT2D eigenvalue weighted by Gasteiger charge is -2.10. The van der Waals surface area contributed by atoms with Crippen LogP contribution in [0.4, 0.5) is 0 Å². The van der Waals surface area contributed by atoms with Gasteiger partial charge in [0.15, 0.2) is 0 Å². The molecule has 0 saturated heterocycles. The molecule has 0 atom stereocenters. The molecule has 0 aliphatic rings. The monoisotopic (exact) mass is 517 g/mol. The lowest BCUT2D eigenvalue weighted by Crippen LogP contribution is -2.06. The zero-order valence-corrected chi connectivity index (χ0v) is 18.8. The Morgan fingerprint density at radius 3 is 2.39 bits per heavy atom. The first-order valence-corrected chi connectivity index (χ1v) is 11.5. The molecule has 31 heavy (non-hydrogen) atoms. The zero-order chi connectivity index (χ0) is 22.2. The molecule has 156 valence electrons. The molecule has 0 saturated carbocycles. The number of aromatic nitrogens is 3. The zero-order valence-electron chi connectivity index (χ0n) is 15.6. The number of nitrogens with zero attached hydrogens (tertiary/aromatic N) is 3. The number of rotatable bonds is 5. The number of sulfone groups is 1. The molecule has 3 aromatic carbocycles. The van der Waals surface area contributed by atoms with E-state index in [1.54, 1.807) is 42.5 Å². The molecule has 4 aromatic rings. The van der Waals surface area contributed by atoms with Gasteiger partial charge in [-0.1, -0.05) is 57.0 Å². The van der Waals surface area contributed by atoms with E-state index in [9.17, 15) is 18.3 Å². The van der Waals surface area contributed by atoms with Crippen LogP contribution >= 0.6 is 27.5 Å². The smallest absolute Gasteiger partial charge is 0.335 e. The van der Waals surface area contributed by atoms with Crippen molar-refractivity contribution < 1.29 is 18.3 Å². The van der Waals surface area contributed by atoms with E-state index < -0.39 is 15.8 Å². The van der Waals surface area contributed by atoms with Gasteiger partial charge in [0.05, 0.1) is 16.1 Å². The predicted molar refractivity (Wildman–Crippen MR) is 118 cm³/mol. The third-order valence-electron chi connectivity index (χ3n) is 4.46. The minimum atomic E-state index is -4.07. The van der Waals surface area contributed by atoms with Crippen molar-refractivity contribution >= 4 is 43.3 Å². The fraction of sp³-hybridized carbons (Fsp3) is 0. The van der Waals surface area contributed by atoms with Crippen LogP contribution in [0.15, 0.2) is 87.2 Å². The first-order chi connectivity index (χ1) is 14.8. The maximum atomic E-state index is 13.4. The van der Waals surface area contributed by atoms with Gasteiger partial charge in [0.25, 0.3) is 0 Å². The Labute approximate surface area is 191 Å². The normalized spacial score (nSPS) is 11.4. The number of halogens is 2. The quantitative estimate of drug-likeness (QED) is 0.404. The number of aromatic carboxylic acids is 1. The maximum Gasteiger partial charge on any atom is 0.335 e. The van der Waals surface area contributed by atoms with Crippen molar-refractivity contribution in [3.63, 3.8) is 0 Å². The average molecular weight is 519 g/mol. The van der Waals surface area contributed by atoms with Gasteiger partial charge in [-0.15, -0.1) is 5.10 Å². The van der Waals surface area contributed by atoms with Gasteiger partial charge in [-0.2, -0.15) is 0 Å². The second-order valence-corrected chi connectivity index (χ2v) is 9.70. The molecule has 0 unspecified atom stereocenters. The van der Waals surface area contributed by atoms with Gasteiger partial charge in [0.2, 0.25) is 14.9 Å². The summed E-state index contributed by atoms with van der Waals surface area (Å²) in [5.74, 6) is -1.11. The Morgan fingerprint density at radius 1 is 1.00 bits per heavy atom. The number of carboxylic acids is 1. The van der Waals surface area contributed by atoms with Gasteiger partial charge < -0.3 is 5.11 Å². The summed E-state index contributed by atoms with van der Waals surface area (Å²) in [4.78, 5) is 11.4. The third kappa shape index (κ3) is 4.12. The third-order valence-corrected chi connectivity index (χ3v) is 6.88. The summed E-state index contributed by atoms with van der Waals surface area (Å²) < 4.78 is 28.9. The first-order valence-electron chi connectivity index (χ1n) is 8.83. The topological polar surface area (TPSA) is 102 Å². The minimum absolute atomic E-state index is 0.0234. The lowest BCUT2D eigenvalue weighted by molar-refractivity contribution is 0.0697. The van der Waals surface area contributed by atoms with Gasteiger partial charge in [0.1, 0.15) is 5.69 Å². The Morgan fingerprint density at radius 2 is 1.71 bits per heavy atom. The number of hydrogen-bond acceptors (Lipinski definition) is 5. The van der Waals surface area contributed by atoms with Crippen LogP contribution in [-0.2, 0) is 9.84 Å². The summed E-state index contributed by atoms with van der Waals surface area (Å²) in [5, 5.41) is 17.3. The molecular weight excluding hydrogens is 506 g/mol. The summed E-state index contributed by atoms with van der Waals surface area (Å²) in [6.07, 6.45) is 0. The van der Waals surface area contributed by atoms with E-state index in [0.717, 1.165) is 4.47 Å². The van der Waals surface area contributed by atoms with Gasteiger partial charge >= 0.3 is 5.97 Å². The van der Waals surface area contributed by atoms with Crippen molar-refractivity contribution in [1.29, 1.82) is 0 Å². The van der Waals surface area contributed by atoms with E-state index in [0.29, 0.717) is 11.3 Å². The average Bonchev–Trinajstić information content (AvgIpc) is 3.20. The Kier molecular flexibility index (Phi) is 5.65. The Balaban J connectivity index is 1.99. The summed E-state index contributed by atoms with van der Waals surface area (Å²) >= 11 is 9.36. The summed E-state index contributed by atoms with van der Waals surface area (Å²) in [6, 6.07) is 18.8. The fourth-order valence-electron chi connectivity index (χ4n) is 3.00. The molecule has 0 bridgehead atoms. The van der Waals surface area contributed by atoms with Crippen molar-refractivity contribution in [2.24, 2.45) is 0 Å². The highest BCUT2D eigenvalue weighted by molar-refractivity contribution is 9.10. The number of carboxylic acid groups (broad SMARTS) is 1. The molecule has 4 rings (SSSR count). The molecule has 1 N–H and O–H groups in total. The standard InChI is InChI=1S/C21H13BrClN3O4S/c22-15-9-7-13(8-10-15)19-20(31(29,30)18-6-2-4-16(23)12-18)24-25-26(19)17-5-1-3-14(11-17)21(27)28/h1-12H,(H,27,28). The molecule has 1 aromatic heterocycles. The van der Waals surface area contributed by atoms with Crippen molar-refractivity contribution in [3.8, 4) is 16.9 Å². The molecule has 1 heterocycles. The molecular formula is C21H13BrClN3O4S. The van der Waals surface area contributed by atoms with E-state index in [4.69, 9.17) is 11.6 Å². The predicted octanol–water partition coefficient (Wildman–Crippen LogP) is 4.88. The van der Waals surface area contributed by atoms with Crippen molar-refractivity contribution in [1.82, 2.24) is 15.0 Å². The van der Waals surface area contributed by atoms with Crippen molar-refractivity contribution in [2.75, 3.05) is 0 Å². The highest BCUT2D eigenvalue weighted by atomic mass is 79.9. The van der Waals surface area contributed by atoms with Crippen LogP contribution in [-0.4, -0.2) is 34.5 Å². The first kappa shape index (κ1) is 21.2. The highest BCUT2D eigenvalue weighted by Crippen LogP contribution is 2.33. The number of carbonyl (C=O) groups is 1. The van der Waals surface area contributed by atoms with Gasteiger partial charge in [0, 0.05) is 15.1 Å². The van der Waals surface area contributed by atoms with E-state index in [1.807, 2.05) is 0 Å². The number of benzene rings is 3. The van der Waals surface area contributed by atoms with Crippen LogP contribution in [0.2, 0.25) is 5.02 Å². The molecule has 0 fully saturated rings. The molecule has 0 aliphatic carbocycles. The number of hydrogen-bond donors (Lipinski definition) is 1. The molecule has 0 radical (unpaired) electrons. The van der Waals surface area contributed by atoms with E-state index in [2.05, 4.69) is 26.2 Å². The van der Waals surface area contributed by atoms with Crippen LogP contribution in [0.3, 0.4) is 0 Å². The van der Waals surface area contributed by atoms with E-state index >= 15 is 0 Å². The van der Waals surface area contributed by atoms with Gasteiger partial charge in [-0.3, -0.25) is 0 Å². The maximum absolute atomic E-state index is 13.4. The lowest BCUT2D eigenvalue weighted by atomic mass is 10.1. The highest BCUT2D eigenvalue weighted by Gasteiger charge is 2.29. The SMILES string of the molecule is O=C(O)c1cccc(-n2nnc(S(=O)(=O)c3cccc(Cl)c3)c2-c2ccc(Br)cc2)c1. The molecule has 10 heteroatoms. The molecule has 0 aliphatic heterocycles. The Bertz CT molecular complexity index is 1400. The second kappa shape index (κ2) is 8.26. The summed E-state index contributed by atoms with van der Waals surface area (Å²) in [5.41, 5.74) is 1.14. The van der Waals surface area contributed by atoms with Crippen LogP contribution in [0.5, 0.6) is 0 Å². The molecule has 0 amide bonds. The van der Waals surface area contributed by atoms with Gasteiger partial charge in [-0.05, 0) is 48.5 Å². The molecule has 7 nitrogen and oxygen atoms in total. The summed E-state index contributed by atoms with van der Waals surface area (Å²) in [7, 11) is -4.07. The van der Waals surface area contributed by atoms with Crippen LogP contribution in [0, 0.1) is 0 Å². The van der Waals surface area contributed by atoms with Crippen LogP contribution in [0.1, 0.15) is 10.4 Å². The van der Waals surface area contributed by atoms with Crippen molar-refractivity contribution in [3.05, 3.63) is 87.9 Å². The largest absolute Gasteiger partial charge is 0.478 e. The van der Waals surface area contributed by atoms with E-state index in [1.165, 1.54) is 35.0 Å². The minimum Gasteiger partial charge on any atom is -0.478 e. The van der Waals surface area contributed by atoms with E-state index in [-0.39, 0.29) is 26.2 Å². The Hall–Kier alpha value is -3.01. The van der Waals surface area contributed by atoms with Crippen LogP contribution < -0.4 is 0 Å². The summed E-state index contributed by atoms with van der Waals surface area (Å²) in [6.45, 7) is 0. The van der Waals surface area contributed by atoms with Gasteiger partial charge in [-0.25, -0.2) is 17.9 Å². The second-order valence-electron chi connectivity index (χ2n) is 6.48. The van der Waals surface area contributed by atoms with Crippen molar-refractivity contribution in [2.45, 2.75) is 9.92 Å². The molecule has 0 spiro atoms.